The second kappa shape index (κ2) is 8.41. The molecule has 4 heteroatoms. The zero-order valence-corrected chi connectivity index (χ0v) is 9.27. The van der Waals surface area contributed by atoms with Crippen molar-refractivity contribution in [3.63, 3.8) is 0 Å². The van der Waals surface area contributed by atoms with Crippen LogP contribution < -0.4 is 0 Å². The molecule has 0 aliphatic carbocycles. The Morgan fingerprint density at radius 2 is 1.55 bits per heavy atom. The summed E-state index contributed by atoms with van der Waals surface area (Å²) < 4.78 is 0. The summed E-state index contributed by atoms with van der Waals surface area (Å²) in [5.41, 5.74) is 0.924. The average molecular weight is 229 g/mol. The maximum absolute atomic E-state index is 8.92. The molecule has 1 N–H and O–H groups in total. The average Bonchev–Trinajstić information content (AvgIpc) is 1.77. The molecule has 1 aromatic carbocycles. The van der Waals surface area contributed by atoms with Crippen molar-refractivity contribution in [3.05, 3.63) is 29.8 Å². The van der Waals surface area contributed by atoms with Crippen molar-refractivity contribution < 1.29 is 26.8 Å². The molecule has 1 aromatic rings. The largest absolute Gasteiger partial charge is 0.508 e. The second-order valence-electron chi connectivity index (χ2n) is 1.79. The number of benzene rings is 1. The van der Waals surface area contributed by atoms with Gasteiger partial charge in [-0.2, -0.15) is 0 Å². The van der Waals surface area contributed by atoms with Gasteiger partial charge in [0.25, 0.3) is 0 Å². The number of para-hydroxylation sites is 1. The van der Waals surface area contributed by atoms with Crippen LogP contribution in [-0.2, 0) is 21.7 Å². The Bertz CT molecular complexity index is 173. The van der Waals surface area contributed by atoms with Gasteiger partial charge in [-0.25, -0.2) is 0 Å². The van der Waals surface area contributed by atoms with E-state index >= 15 is 0 Å². The Morgan fingerprint density at radius 3 is 1.82 bits per heavy atom. The predicted octanol–water partition coefficient (Wildman–Crippen LogP) is 2.54. The van der Waals surface area contributed by atoms with Gasteiger partial charge in [0.1, 0.15) is 5.75 Å². The number of hydrogen-bond acceptors (Lipinski definition) is 1. The predicted molar refractivity (Wildman–Crippen MR) is 47.3 cm³/mol. The molecule has 0 unspecified atom stereocenters. The van der Waals surface area contributed by atoms with Crippen LogP contribution in [0.1, 0.15) is 5.56 Å². The summed E-state index contributed by atoms with van der Waals surface area (Å²) in [6.45, 7) is 1.87. The van der Waals surface area contributed by atoms with Gasteiger partial charge in [0.05, 0.1) is 0 Å². The number of phenols is 1. The van der Waals surface area contributed by atoms with Crippen molar-refractivity contribution in [1.82, 2.24) is 0 Å². The molecule has 0 aliphatic heterocycles. The molecule has 0 heterocycles. The van der Waals surface area contributed by atoms with Crippen molar-refractivity contribution in [2.24, 2.45) is 0 Å². The summed E-state index contributed by atoms with van der Waals surface area (Å²) in [5.74, 6) is 0.368. The van der Waals surface area contributed by atoms with Gasteiger partial charge in [0.15, 0.2) is 0 Å². The van der Waals surface area contributed by atoms with Crippen LogP contribution in [-0.4, -0.2) is 5.11 Å². The first-order valence-electron chi connectivity index (χ1n) is 2.55. The van der Waals surface area contributed by atoms with Crippen LogP contribution in [0, 0.1) is 6.92 Å². The van der Waals surface area contributed by atoms with Crippen molar-refractivity contribution in [2.45, 2.75) is 6.92 Å². The molecule has 1 nitrogen and oxygen atoms in total. The van der Waals surface area contributed by atoms with Gasteiger partial charge in [0, 0.05) is 21.7 Å². The molecule has 11 heavy (non-hydrogen) atoms. The molecule has 0 spiro atoms. The minimum Gasteiger partial charge on any atom is -0.508 e. The normalized spacial score (nSPS) is 6.64. The number of hydrogen-bond donors (Lipinski definition) is 1. The van der Waals surface area contributed by atoms with E-state index in [2.05, 4.69) is 0 Å². The van der Waals surface area contributed by atoms with E-state index in [1.807, 2.05) is 25.1 Å². The first-order valence-corrected chi connectivity index (χ1v) is 2.55. The van der Waals surface area contributed by atoms with E-state index in [4.69, 9.17) is 5.11 Å². The zero-order chi connectivity index (χ0) is 5.98. The van der Waals surface area contributed by atoms with Crippen molar-refractivity contribution in [3.8, 4) is 5.75 Å². The maximum atomic E-state index is 8.92. The summed E-state index contributed by atoms with van der Waals surface area (Å²) in [6.07, 6.45) is 0. The summed E-state index contributed by atoms with van der Waals surface area (Å²) in [7, 11) is 0. The molecule has 0 aromatic heterocycles. The Hall–Kier alpha value is 0.314. The van der Waals surface area contributed by atoms with Crippen LogP contribution in [0.5, 0.6) is 5.75 Å². The fourth-order valence-corrected chi connectivity index (χ4v) is 0.563. The topological polar surface area (TPSA) is 20.2 Å². The van der Waals surface area contributed by atoms with Crippen LogP contribution in [0.25, 0.3) is 0 Å². The van der Waals surface area contributed by atoms with Crippen LogP contribution in [0.15, 0.2) is 24.3 Å². The molecule has 62 valence electrons. The van der Waals surface area contributed by atoms with E-state index in [0.29, 0.717) is 5.75 Å². The third-order valence-electron chi connectivity index (χ3n) is 1.12. The molecule has 0 saturated carbocycles. The second-order valence-corrected chi connectivity index (χ2v) is 1.79. The number of halogens is 2. The van der Waals surface area contributed by atoms with Gasteiger partial charge in [-0.1, -0.05) is 18.2 Å². The minimum atomic E-state index is 0. The van der Waals surface area contributed by atoms with E-state index in [0.717, 1.165) is 5.56 Å². The molecular weight excluding hydrogens is 219 g/mol. The number of phenolic OH excluding ortho intramolecular Hbond substituents is 1. The standard InChI is InChI=1S/C7H8O.2ClH.Ti/c1-6-4-2-3-5-7(6)8;;;/h2-5,8H,1H3;2*1H;. The van der Waals surface area contributed by atoms with E-state index in [1.54, 1.807) is 6.07 Å². The summed E-state index contributed by atoms with van der Waals surface area (Å²) in [6, 6.07) is 7.25. The number of rotatable bonds is 0. The number of aromatic hydroxyl groups is 1. The molecule has 0 aliphatic rings. The van der Waals surface area contributed by atoms with Gasteiger partial charge >= 0.3 is 0 Å². The van der Waals surface area contributed by atoms with Crippen molar-refractivity contribution in [1.29, 1.82) is 0 Å². The molecule has 0 bridgehead atoms. The van der Waals surface area contributed by atoms with Crippen LogP contribution in [0.2, 0.25) is 0 Å². The summed E-state index contributed by atoms with van der Waals surface area (Å²) >= 11 is 0. The molecule has 0 saturated heterocycles. The van der Waals surface area contributed by atoms with E-state index < -0.39 is 0 Å². The van der Waals surface area contributed by atoms with Crippen LogP contribution in [0.3, 0.4) is 0 Å². The maximum Gasteiger partial charge on any atom is 0.118 e. The number of aryl methyl sites for hydroxylation is 1. The monoisotopic (exact) mass is 228 g/mol. The molecule has 1 rings (SSSR count). The Morgan fingerprint density at radius 1 is 1.09 bits per heavy atom. The summed E-state index contributed by atoms with van der Waals surface area (Å²) in [5, 5.41) is 8.92. The Kier molecular flexibility index (Phi) is 13.3. The first-order chi connectivity index (χ1) is 3.80. The minimum absolute atomic E-state index is 0. The third-order valence-corrected chi connectivity index (χ3v) is 1.12. The Balaban J connectivity index is -0.000000213. The van der Waals surface area contributed by atoms with Gasteiger partial charge in [-0.15, -0.1) is 24.8 Å². The molecule has 0 fully saturated rings. The quantitative estimate of drug-likeness (QED) is 0.677. The van der Waals surface area contributed by atoms with Gasteiger partial charge in [-0.3, -0.25) is 0 Å². The SMILES string of the molecule is Cc1ccccc1O.Cl.Cl.[Ti]. The van der Waals surface area contributed by atoms with Crippen LogP contribution >= 0.6 is 24.8 Å². The molecular formula is C7H10Cl2OTi. The Labute approximate surface area is 93.9 Å². The molecule has 0 amide bonds. The fourth-order valence-electron chi connectivity index (χ4n) is 0.563. The molecule has 0 atom stereocenters. The van der Waals surface area contributed by atoms with E-state index in [9.17, 15) is 0 Å². The first kappa shape index (κ1) is 17.4. The van der Waals surface area contributed by atoms with Crippen LogP contribution in [0.4, 0.5) is 0 Å². The molecule has 0 radical (unpaired) electrons. The van der Waals surface area contributed by atoms with Gasteiger partial charge in [0.2, 0.25) is 0 Å². The fraction of sp³-hybridized carbons (Fsp3) is 0.143. The van der Waals surface area contributed by atoms with E-state index in [-0.39, 0.29) is 46.5 Å². The zero-order valence-electron chi connectivity index (χ0n) is 6.07. The van der Waals surface area contributed by atoms with Crippen molar-refractivity contribution in [2.75, 3.05) is 0 Å². The third kappa shape index (κ3) is 5.57. The van der Waals surface area contributed by atoms with E-state index in [1.165, 1.54) is 0 Å². The van der Waals surface area contributed by atoms with Gasteiger partial charge < -0.3 is 5.11 Å². The van der Waals surface area contributed by atoms with Crippen molar-refractivity contribution >= 4 is 24.8 Å². The summed E-state index contributed by atoms with van der Waals surface area (Å²) in [4.78, 5) is 0. The smallest absolute Gasteiger partial charge is 0.118 e. The van der Waals surface area contributed by atoms with Gasteiger partial charge in [-0.05, 0) is 18.6 Å².